The summed E-state index contributed by atoms with van der Waals surface area (Å²) in [6.45, 7) is 1.78. The van der Waals surface area contributed by atoms with Crippen LogP contribution in [0.1, 0.15) is 17.2 Å². The predicted molar refractivity (Wildman–Crippen MR) is 84.1 cm³/mol. The van der Waals surface area contributed by atoms with Gasteiger partial charge < -0.3 is 5.32 Å². The Morgan fingerprint density at radius 1 is 1.09 bits per heavy atom. The van der Waals surface area contributed by atoms with E-state index in [2.05, 4.69) is 5.32 Å². The molecule has 2 nitrogen and oxygen atoms in total. The maximum absolute atomic E-state index is 13.3. The van der Waals surface area contributed by atoms with Gasteiger partial charge in [0.1, 0.15) is 0 Å². The molecule has 1 heterocycles. The Hall–Kier alpha value is -0.340. The molecule has 0 bridgehead atoms. The average Bonchev–Trinajstić information content (AvgIpc) is 2.40. The predicted octanol–water partition coefficient (Wildman–Crippen LogP) is 4.41. The van der Waals surface area contributed by atoms with Crippen LogP contribution in [0.5, 0.6) is 0 Å². The van der Waals surface area contributed by atoms with Gasteiger partial charge in [0.05, 0.1) is 16.6 Å². The van der Waals surface area contributed by atoms with Crippen molar-refractivity contribution in [2.24, 2.45) is 0 Å². The molecule has 1 fully saturated rings. The molecule has 0 radical (unpaired) electrons. The molecule has 0 unspecified atom stereocenters. The summed E-state index contributed by atoms with van der Waals surface area (Å²) in [7, 11) is 0. The summed E-state index contributed by atoms with van der Waals surface area (Å²) in [5.74, 6) is 0. The molecule has 1 aliphatic rings. The number of rotatable bonds is 3. The van der Waals surface area contributed by atoms with Crippen LogP contribution < -0.4 is 5.32 Å². The number of hydrogen-bond acceptors (Lipinski definition) is 2. The molecule has 23 heavy (non-hydrogen) atoms. The maximum Gasteiger partial charge on any atom is 0.417 e. The van der Waals surface area contributed by atoms with E-state index < -0.39 is 29.2 Å². The first-order valence-electron chi connectivity index (χ1n) is 6.40. The van der Waals surface area contributed by atoms with E-state index in [1.807, 2.05) is 0 Å². The highest BCUT2D eigenvalue weighted by Crippen LogP contribution is 2.38. The molecule has 1 aromatic carbocycles. The standard InChI is InChI=1S/C13H14ClF5N2.2ClH/c14-10-2-1-8(7-9(10)13(17,18)19)11(12(15)16)21-5-3-20-4-6-21;;/h1-2,7,11-12,20H,3-6H2;2*1H/t11-;;/m1../s1. The third-order valence-corrected chi connectivity index (χ3v) is 3.75. The molecule has 1 atom stereocenters. The summed E-state index contributed by atoms with van der Waals surface area (Å²) in [6, 6.07) is 1.63. The molecule has 1 aliphatic heterocycles. The van der Waals surface area contributed by atoms with Crippen molar-refractivity contribution in [3.63, 3.8) is 0 Å². The fraction of sp³-hybridized carbons (Fsp3) is 0.538. The van der Waals surface area contributed by atoms with Crippen LogP contribution in [0.3, 0.4) is 0 Å². The highest BCUT2D eigenvalue weighted by molar-refractivity contribution is 6.31. The minimum Gasteiger partial charge on any atom is -0.314 e. The topological polar surface area (TPSA) is 15.3 Å². The summed E-state index contributed by atoms with van der Waals surface area (Å²) < 4.78 is 65.2. The third-order valence-electron chi connectivity index (χ3n) is 3.42. The van der Waals surface area contributed by atoms with E-state index in [9.17, 15) is 22.0 Å². The van der Waals surface area contributed by atoms with Crippen molar-refractivity contribution in [2.75, 3.05) is 26.2 Å². The van der Waals surface area contributed by atoms with Crippen LogP contribution in [-0.4, -0.2) is 37.5 Å². The molecule has 0 aliphatic carbocycles. The zero-order chi connectivity index (χ0) is 15.6. The number of nitrogens with zero attached hydrogens (tertiary/aromatic N) is 1. The first kappa shape index (κ1) is 22.7. The molecule has 134 valence electrons. The van der Waals surface area contributed by atoms with Gasteiger partial charge in [0.25, 0.3) is 6.43 Å². The minimum atomic E-state index is -4.66. The van der Waals surface area contributed by atoms with Gasteiger partial charge in [-0.25, -0.2) is 8.78 Å². The number of piperazine rings is 1. The Morgan fingerprint density at radius 2 is 1.65 bits per heavy atom. The maximum atomic E-state index is 13.3. The average molecular weight is 402 g/mol. The Morgan fingerprint density at radius 3 is 2.13 bits per heavy atom. The molecular weight excluding hydrogens is 386 g/mol. The van der Waals surface area contributed by atoms with Crippen molar-refractivity contribution in [2.45, 2.75) is 18.6 Å². The molecular formula is C13H16Cl3F5N2. The lowest BCUT2D eigenvalue weighted by molar-refractivity contribution is -0.137. The van der Waals surface area contributed by atoms with Gasteiger partial charge in [-0.05, 0) is 17.7 Å². The van der Waals surface area contributed by atoms with Gasteiger partial charge in [0.15, 0.2) is 0 Å². The Bertz CT molecular complexity index is 493. The van der Waals surface area contributed by atoms with Crippen LogP contribution in [0.2, 0.25) is 5.02 Å². The van der Waals surface area contributed by atoms with Gasteiger partial charge in [0.2, 0.25) is 0 Å². The number of hydrogen-bond donors (Lipinski definition) is 1. The van der Waals surface area contributed by atoms with Crippen LogP contribution in [0, 0.1) is 0 Å². The van der Waals surface area contributed by atoms with E-state index in [1.165, 1.54) is 11.0 Å². The van der Waals surface area contributed by atoms with Crippen molar-refractivity contribution < 1.29 is 22.0 Å². The lowest BCUT2D eigenvalue weighted by atomic mass is 10.0. The van der Waals surface area contributed by atoms with Crippen molar-refractivity contribution in [1.29, 1.82) is 0 Å². The van der Waals surface area contributed by atoms with Crippen LogP contribution in [0.15, 0.2) is 18.2 Å². The highest BCUT2D eigenvalue weighted by atomic mass is 35.5. The van der Waals surface area contributed by atoms with Crippen molar-refractivity contribution >= 4 is 36.4 Å². The second-order valence-corrected chi connectivity index (χ2v) is 5.21. The van der Waals surface area contributed by atoms with Crippen molar-refractivity contribution in [3.8, 4) is 0 Å². The lowest BCUT2D eigenvalue weighted by Gasteiger charge is -2.35. The monoisotopic (exact) mass is 400 g/mol. The molecule has 0 aromatic heterocycles. The molecule has 1 saturated heterocycles. The smallest absolute Gasteiger partial charge is 0.314 e. The normalized spacial score (nSPS) is 17.3. The molecule has 0 saturated carbocycles. The molecule has 2 rings (SSSR count). The SMILES string of the molecule is Cl.Cl.FC(F)[C@@H](c1ccc(Cl)c(C(F)(F)F)c1)N1CCNCC1. The number of benzene rings is 1. The van der Waals surface area contributed by atoms with E-state index in [0.29, 0.717) is 26.2 Å². The van der Waals surface area contributed by atoms with Gasteiger partial charge >= 0.3 is 6.18 Å². The van der Waals surface area contributed by atoms with Crippen molar-refractivity contribution in [1.82, 2.24) is 10.2 Å². The molecule has 10 heteroatoms. The number of nitrogens with one attached hydrogen (secondary N) is 1. The van der Waals surface area contributed by atoms with Gasteiger partial charge in [0, 0.05) is 26.2 Å². The van der Waals surface area contributed by atoms with E-state index in [-0.39, 0.29) is 30.4 Å². The number of halogens is 8. The van der Waals surface area contributed by atoms with E-state index in [1.54, 1.807) is 0 Å². The molecule has 0 amide bonds. The fourth-order valence-electron chi connectivity index (χ4n) is 2.42. The highest BCUT2D eigenvalue weighted by Gasteiger charge is 2.36. The summed E-state index contributed by atoms with van der Waals surface area (Å²) in [6.07, 6.45) is -7.44. The zero-order valence-electron chi connectivity index (χ0n) is 11.7. The van der Waals surface area contributed by atoms with Gasteiger partial charge in [-0.3, -0.25) is 4.90 Å². The van der Waals surface area contributed by atoms with Crippen LogP contribution >= 0.6 is 36.4 Å². The first-order chi connectivity index (χ1) is 9.80. The Balaban J connectivity index is 0.00000242. The van der Waals surface area contributed by atoms with Gasteiger partial charge in [-0.2, -0.15) is 13.2 Å². The van der Waals surface area contributed by atoms with Crippen LogP contribution in [-0.2, 0) is 6.18 Å². The van der Waals surface area contributed by atoms with Crippen LogP contribution in [0.4, 0.5) is 22.0 Å². The molecule has 1 aromatic rings. The zero-order valence-corrected chi connectivity index (χ0v) is 14.1. The van der Waals surface area contributed by atoms with E-state index in [4.69, 9.17) is 11.6 Å². The Kier molecular flexibility index (Phi) is 9.09. The third kappa shape index (κ3) is 5.60. The quantitative estimate of drug-likeness (QED) is 0.755. The van der Waals surface area contributed by atoms with Gasteiger partial charge in [-0.1, -0.05) is 17.7 Å². The fourth-order valence-corrected chi connectivity index (χ4v) is 2.64. The molecule has 0 spiro atoms. The second kappa shape index (κ2) is 9.22. The van der Waals surface area contributed by atoms with Crippen molar-refractivity contribution in [3.05, 3.63) is 34.3 Å². The summed E-state index contributed by atoms with van der Waals surface area (Å²) in [4.78, 5) is 1.49. The minimum absolute atomic E-state index is 0. The second-order valence-electron chi connectivity index (χ2n) is 4.80. The van der Waals surface area contributed by atoms with E-state index >= 15 is 0 Å². The van der Waals surface area contributed by atoms with Gasteiger partial charge in [-0.15, -0.1) is 24.8 Å². The largest absolute Gasteiger partial charge is 0.417 e. The molecule has 1 N–H and O–H groups in total. The first-order valence-corrected chi connectivity index (χ1v) is 6.78. The Labute approximate surface area is 148 Å². The van der Waals surface area contributed by atoms with Crippen LogP contribution in [0.25, 0.3) is 0 Å². The number of alkyl halides is 5. The van der Waals surface area contributed by atoms with E-state index in [0.717, 1.165) is 12.1 Å². The summed E-state index contributed by atoms with van der Waals surface area (Å²) in [5, 5.41) is 2.53. The summed E-state index contributed by atoms with van der Waals surface area (Å²) >= 11 is 5.52. The lowest BCUT2D eigenvalue weighted by Crippen LogP contribution is -2.46. The summed E-state index contributed by atoms with van der Waals surface area (Å²) in [5.41, 5.74) is -1.15.